The fourth-order valence-electron chi connectivity index (χ4n) is 3.32. The Morgan fingerprint density at radius 2 is 1.76 bits per heavy atom. The van der Waals surface area contributed by atoms with E-state index in [1.165, 1.54) is 4.68 Å². The largest absolute Gasteiger partial charge is 0.493 e. The summed E-state index contributed by atoms with van der Waals surface area (Å²) >= 11 is 0. The highest BCUT2D eigenvalue weighted by Crippen LogP contribution is 2.31. The van der Waals surface area contributed by atoms with Crippen molar-refractivity contribution in [3.8, 4) is 28.6 Å². The van der Waals surface area contributed by atoms with Crippen LogP contribution in [0.25, 0.3) is 22.3 Å². The number of nitrogens with zero attached hydrogens (tertiary/aromatic N) is 3. The van der Waals surface area contributed by atoms with Crippen molar-refractivity contribution >= 4 is 17.1 Å². The Balaban J connectivity index is 1.81. The van der Waals surface area contributed by atoms with Gasteiger partial charge in [0.05, 0.1) is 31.3 Å². The van der Waals surface area contributed by atoms with Crippen molar-refractivity contribution in [3.63, 3.8) is 0 Å². The molecule has 0 bridgehead atoms. The van der Waals surface area contributed by atoms with Crippen molar-refractivity contribution in [2.45, 2.75) is 0 Å². The summed E-state index contributed by atoms with van der Waals surface area (Å²) in [5, 5.41) is 4.96. The van der Waals surface area contributed by atoms with E-state index < -0.39 is 0 Å². The molecule has 0 saturated carbocycles. The number of ether oxygens (including phenoxy) is 3. The average Bonchev–Trinajstić information content (AvgIpc) is 2.87. The second kappa shape index (κ2) is 9.82. The number of benzene rings is 3. The molecule has 0 unspecified atom stereocenters. The number of fused-ring (bicyclic) bond motifs is 1. The molecule has 0 radical (unpaired) electrons. The van der Waals surface area contributed by atoms with Crippen molar-refractivity contribution in [2.75, 3.05) is 20.8 Å². The summed E-state index contributed by atoms with van der Waals surface area (Å²) in [5.74, 6) is 2.23. The molecule has 7 nitrogen and oxygen atoms in total. The molecule has 0 saturated heterocycles. The molecule has 4 rings (SSSR count). The van der Waals surface area contributed by atoms with Crippen LogP contribution in [-0.4, -0.2) is 36.7 Å². The molecule has 33 heavy (non-hydrogen) atoms. The minimum absolute atomic E-state index is 0.271. The quantitative estimate of drug-likeness (QED) is 0.297. The van der Waals surface area contributed by atoms with Crippen LogP contribution >= 0.6 is 0 Å². The molecular formula is C26H23N3O4. The molecule has 166 valence electrons. The van der Waals surface area contributed by atoms with Crippen LogP contribution < -0.4 is 19.8 Å². The van der Waals surface area contributed by atoms with Crippen LogP contribution in [0.15, 0.2) is 89.3 Å². The zero-order valence-corrected chi connectivity index (χ0v) is 18.4. The zero-order chi connectivity index (χ0) is 23.2. The second-order valence-electron chi connectivity index (χ2n) is 7.05. The van der Waals surface area contributed by atoms with Gasteiger partial charge >= 0.3 is 0 Å². The Hall–Kier alpha value is -4.39. The summed E-state index contributed by atoms with van der Waals surface area (Å²) in [6.45, 7) is 4.07. The van der Waals surface area contributed by atoms with E-state index in [-0.39, 0.29) is 5.56 Å². The van der Waals surface area contributed by atoms with Crippen LogP contribution in [0, 0.1) is 0 Å². The molecule has 1 aromatic heterocycles. The number of methoxy groups -OCH3 is 2. The van der Waals surface area contributed by atoms with Gasteiger partial charge in [-0.25, -0.2) is 4.98 Å². The van der Waals surface area contributed by atoms with Crippen molar-refractivity contribution < 1.29 is 14.2 Å². The number of aromatic nitrogens is 2. The third-order valence-electron chi connectivity index (χ3n) is 4.97. The van der Waals surface area contributed by atoms with Gasteiger partial charge in [0, 0.05) is 5.56 Å². The minimum Gasteiger partial charge on any atom is -0.493 e. The van der Waals surface area contributed by atoms with E-state index in [1.54, 1.807) is 56.8 Å². The molecule has 0 fully saturated rings. The molecule has 7 heteroatoms. The van der Waals surface area contributed by atoms with Crippen LogP contribution in [-0.2, 0) is 0 Å². The Morgan fingerprint density at radius 1 is 1.00 bits per heavy atom. The Morgan fingerprint density at radius 3 is 2.48 bits per heavy atom. The Labute approximate surface area is 191 Å². The smallest absolute Gasteiger partial charge is 0.282 e. The Kier molecular flexibility index (Phi) is 6.50. The third kappa shape index (κ3) is 4.62. The van der Waals surface area contributed by atoms with Crippen LogP contribution in [0.5, 0.6) is 17.2 Å². The number of hydrogen-bond donors (Lipinski definition) is 0. The van der Waals surface area contributed by atoms with E-state index in [4.69, 9.17) is 19.2 Å². The molecule has 0 spiro atoms. The topological polar surface area (TPSA) is 74.9 Å². The standard InChI is InChI=1S/C26H23N3O4/c1-4-15-33-20-12-9-18(10-13-20)17-27-29-25(19-11-14-23(31-2)24(16-19)32-3)28-22-8-6-5-7-21(22)26(29)30/h4-14,16-17H,1,15H2,2-3H3. The van der Waals surface area contributed by atoms with Crippen LogP contribution in [0.3, 0.4) is 0 Å². The zero-order valence-electron chi connectivity index (χ0n) is 18.4. The van der Waals surface area contributed by atoms with Gasteiger partial charge in [-0.15, -0.1) is 0 Å². The monoisotopic (exact) mass is 441 g/mol. The highest BCUT2D eigenvalue weighted by molar-refractivity contribution is 5.82. The van der Waals surface area contributed by atoms with E-state index in [1.807, 2.05) is 36.4 Å². The first kappa shape index (κ1) is 21.8. The predicted octanol–water partition coefficient (Wildman–Crippen LogP) is 4.53. The van der Waals surface area contributed by atoms with Crippen LogP contribution in [0.4, 0.5) is 0 Å². The summed E-state index contributed by atoms with van der Waals surface area (Å²) < 4.78 is 17.6. The molecule has 0 aliphatic rings. The van der Waals surface area contributed by atoms with Gasteiger partial charge in [-0.3, -0.25) is 4.79 Å². The molecule has 1 heterocycles. The molecule has 0 amide bonds. The van der Waals surface area contributed by atoms with Crippen molar-refractivity contribution in [1.29, 1.82) is 0 Å². The predicted molar refractivity (Wildman–Crippen MR) is 130 cm³/mol. The minimum atomic E-state index is -0.271. The van der Waals surface area contributed by atoms with Gasteiger partial charge in [-0.05, 0) is 60.2 Å². The lowest BCUT2D eigenvalue weighted by Crippen LogP contribution is -2.20. The van der Waals surface area contributed by atoms with E-state index in [0.29, 0.717) is 40.4 Å². The number of para-hydroxylation sites is 1. The summed E-state index contributed by atoms with van der Waals surface area (Å²) in [6.07, 6.45) is 3.30. The molecule has 3 aromatic carbocycles. The lowest BCUT2D eigenvalue weighted by atomic mass is 10.1. The molecular weight excluding hydrogens is 418 g/mol. The van der Waals surface area contributed by atoms with Crippen molar-refractivity contribution in [1.82, 2.24) is 9.66 Å². The lowest BCUT2D eigenvalue weighted by Gasteiger charge is -2.12. The summed E-state index contributed by atoms with van der Waals surface area (Å²) in [6, 6.07) is 19.9. The van der Waals surface area contributed by atoms with E-state index >= 15 is 0 Å². The second-order valence-corrected chi connectivity index (χ2v) is 7.05. The van der Waals surface area contributed by atoms with Gasteiger partial charge in [0.1, 0.15) is 12.4 Å². The molecule has 0 N–H and O–H groups in total. The molecule has 0 atom stereocenters. The maximum Gasteiger partial charge on any atom is 0.282 e. The average molecular weight is 441 g/mol. The number of rotatable bonds is 8. The van der Waals surface area contributed by atoms with Crippen molar-refractivity contribution in [3.05, 3.63) is 95.3 Å². The fourth-order valence-corrected chi connectivity index (χ4v) is 3.32. The van der Waals surface area contributed by atoms with E-state index in [9.17, 15) is 4.79 Å². The van der Waals surface area contributed by atoms with E-state index in [2.05, 4.69) is 11.7 Å². The first-order chi connectivity index (χ1) is 16.1. The first-order valence-electron chi connectivity index (χ1n) is 10.3. The normalized spacial score (nSPS) is 11.0. The van der Waals surface area contributed by atoms with Crippen LogP contribution in [0.2, 0.25) is 0 Å². The molecule has 0 aliphatic carbocycles. The maximum atomic E-state index is 13.3. The van der Waals surface area contributed by atoms with Gasteiger partial charge < -0.3 is 14.2 Å². The summed E-state index contributed by atoms with van der Waals surface area (Å²) in [7, 11) is 3.13. The van der Waals surface area contributed by atoms with Gasteiger partial charge in [-0.2, -0.15) is 9.78 Å². The third-order valence-corrected chi connectivity index (χ3v) is 4.97. The Bertz CT molecular complexity index is 1370. The van der Waals surface area contributed by atoms with Gasteiger partial charge in [0.25, 0.3) is 5.56 Å². The number of hydrogen-bond acceptors (Lipinski definition) is 6. The highest BCUT2D eigenvalue weighted by atomic mass is 16.5. The van der Waals surface area contributed by atoms with Gasteiger partial charge in [0.15, 0.2) is 17.3 Å². The summed E-state index contributed by atoms with van der Waals surface area (Å²) in [5.41, 5.74) is 1.79. The molecule has 0 aliphatic heterocycles. The van der Waals surface area contributed by atoms with Crippen molar-refractivity contribution in [2.24, 2.45) is 5.10 Å². The fraction of sp³-hybridized carbons (Fsp3) is 0.115. The maximum absolute atomic E-state index is 13.3. The van der Waals surface area contributed by atoms with Gasteiger partial charge in [-0.1, -0.05) is 24.8 Å². The van der Waals surface area contributed by atoms with E-state index in [0.717, 1.165) is 11.3 Å². The first-order valence-corrected chi connectivity index (χ1v) is 10.3. The van der Waals surface area contributed by atoms with Gasteiger partial charge in [0.2, 0.25) is 0 Å². The summed E-state index contributed by atoms with van der Waals surface area (Å²) in [4.78, 5) is 18.0. The lowest BCUT2D eigenvalue weighted by molar-refractivity contribution is 0.355. The molecule has 4 aromatic rings. The highest BCUT2D eigenvalue weighted by Gasteiger charge is 2.14. The SMILES string of the molecule is C=CCOc1ccc(C=Nn2c(-c3ccc(OC)c(OC)c3)nc3ccccc3c2=O)cc1. The van der Waals surface area contributed by atoms with Crippen LogP contribution in [0.1, 0.15) is 5.56 Å².